The molecule has 114 valence electrons. The van der Waals surface area contributed by atoms with E-state index in [2.05, 4.69) is 31.0 Å². The van der Waals surface area contributed by atoms with Crippen molar-refractivity contribution in [1.29, 1.82) is 0 Å². The summed E-state index contributed by atoms with van der Waals surface area (Å²) in [6.07, 6.45) is -2.26. The number of rotatable bonds is 4. The summed E-state index contributed by atoms with van der Waals surface area (Å²) in [6.45, 7) is 0. The van der Waals surface area contributed by atoms with E-state index in [1.165, 1.54) is 13.2 Å². The van der Waals surface area contributed by atoms with Crippen LogP contribution in [0.3, 0.4) is 0 Å². The van der Waals surface area contributed by atoms with Gasteiger partial charge in [0, 0.05) is 27.3 Å². The minimum Gasteiger partial charge on any atom is -0.372 e. The summed E-state index contributed by atoms with van der Waals surface area (Å²) in [6, 6.07) is 0. The van der Waals surface area contributed by atoms with Crippen molar-refractivity contribution in [2.75, 3.05) is 30.0 Å². The molecule has 0 fully saturated rings. The van der Waals surface area contributed by atoms with Gasteiger partial charge in [-0.3, -0.25) is 4.68 Å². The molecular weight excluding hydrogens is 287 g/mol. The molecule has 7 nitrogen and oxygen atoms in total. The van der Waals surface area contributed by atoms with Gasteiger partial charge in [0.2, 0.25) is 5.95 Å². The smallest absolute Gasteiger partial charge is 0.372 e. The van der Waals surface area contributed by atoms with Gasteiger partial charge in [0.1, 0.15) is 22.9 Å². The van der Waals surface area contributed by atoms with E-state index in [4.69, 9.17) is 0 Å². The third-order valence-corrected chi connectivity index (χ3v) is 2.75. The van der Waals surface area contributed by atoms with E-state index in [1.54, 1.807) is 18.8 Å². The molecule has 0 radical (unpaired) electrons. The van der Waals surface area contributed by atoms with Crippen molar-refractivity contribution >= 4 is 23.3 Å². The summed E-state index contributed by atoms with van der Waals surface area (Å²) in [5.74, 6) is 0.399. The normalized spacial score (nSPS) is 11.3. The predicted molar refractivity (Wildman–Crippen MR) is 72.6 cm³/mol. The number of alkyl halides is 3. The number of anilines is 4. The second kappa shape index (κ2) is 5.46. The number of halogens is 3. The molecule has 2 aromatic rings. The minimum absolute atomic E-state index is 0.0387. The number of aryl methyl sites for hydroxylation is 1. The van der Waals surface area contributed by atoms with Gasteiger partial charge in [-0.05, 0) is 0 Å². The van der Waals surface area contributed by atoms with Crippen LogP contribution in [0.25, 0.3) is 0 Å². The maximum atomic E-state index is 12.8. The maximum absolute atomic E-state index is 12.8. The Bertz CT molecular complexity index is 635. The Morgan fingerprint density at radius 3 is 2.43 bits per heavy atom. The molecule has 0 unspecified atom stereocenters. The fourth-order valence-corrected chi connectivity index (χ4v) is 1.79. The highest BCUT2D eigenvalue weighted by atomic mass is 19.4. The van der Waals surface area contributed by atoms with Gasteiger partial charge in [0.15, 0.2) is 0 Å². The SMILES string of the molecule is CNc1nc(Nc2cnn(C)c2NC)ncc1C(F)(F)F. The number of nitrogens with one attached hydrogen (secondary N) is 3. The van der Waals surface area contributed by atoms with Crippen LogP contribution in [-0.4, -0.2) is 33.8 Å². The van der Waals surface area contributed by atoms with Crippen LogP contribution in [-0.2, 0) is 13.2 Å². The van der Waals surface area contributed by atoms with Crippen LogP contribution in [0.4, 0.5) is 36.4 Å². The van der Waals surface area contributed by atoms with Crippen LogP contribution >= 0.6 is 0 Å². The second-order valence-corrected chi connectivity index (χ2v) is 4.11. The van der Waals surface area contributed by atoms with Gasteiger partial charge < -0.3 is 16.0 Å². The van der Waals surface area contributed by atoms with Crippen molar-refractivity contribution in [3.63, 3.8) is 0 Å². The van der Waals surface area contributed by atoms with Gasteiger partial charge in [0.25, 0.3) is 0 Å². The molecule has 2 aromatic heterocycles. The molecule has 2 rings (SSSR count). The molecule has 10 heteroatoms. The first kappa shape index (κ1) is 14.9. The molecule has 3 N–H and O–H groups in total. The summed E-state index contributed by atoms with van der Waals surface area (Å²) in [5.41, 5.74) is -0.364. The van der Waals surface area contributed by atoms with Crippen molar-refractivity contribution in [3.8, 4) is 0 Å². The summed E-state index contributed by atoms with van der Waals surface area (Å²) in [5, 5.41) is 12.2. The molecule has 0 aliphatic carbocycles. The number of hydrogen-bond donors (Lipinski definition) is 3. The first-order valence-electron chi connectivity index (χ1n) is 5.95. The van der Waals surface area contributed by atoms with Crippen molar-refractivity contribution in [1.82, 2.24) is 19.7 Å². The van der Waals surface area contributed by atoms with Gasteiger partial charge >= 0.3 is 6.18 Å². The highest BCUT2D eigenvalue weighted by Gasteiger charge is 2.35. The van der Waals surface area contributed by atoms with Crippen molar-refractivity contribution in [2.24, 2.45) is 7.05 Å². The molecule has 2 heterocycles. The van der Waals surface area contributed by atoms with Crippen molar-refractivity contribution in [2.45, 2.75) is 6.18 Å². The number of nitrogens with zero attached hydrogens (tertiary/aromatic N) is 4. The Morgan fingerprint density at radius 2 is 1.86 bits per heavy atom. The zero-order chi connectivity index (χ0) is 15.6. The lowest BCUT2D eigenvalue weighted by Gasteiger charge is -2.13. The van der Waals surface area contributed by atoms with E-state index >= 15 is 0 Å². The Labute approximate surface area is 118 Å². The Balaban J connectivity index is 2.33. The van der Waals surface area contributed by atoms with E-state index in [0.29, 0.717) is 11.5 Å². The second-order valence-electron chi connectivity index (χ2n) is 4.11. The van der Waals surface area contributed by atoms with Crippen LogP contribution in [0.1, 0.15) is 5.56 Å². The highest BCUT2D eigenvalue weighted by Crippen LogP contribution is 2.34. The minimum atomic E-state index is -4.51. The highest BCUT2D eigenvalue weighted by molar-refractivity contribution is 5.68. The lowest BCUT2D eigenvalue weighted by Crippen LogP contribution is -2.12. The first-order valence-corrected chi connectivity index (χ1v) is 5.95. The Kier molecular flexibility index (Phi) is 3.87. The summed E-state index contributed by atoms with van der Waals surface area (Å²) < 4.78 is 39.8. The molecule has 0 saturated carbocycles. The molecule has 0 spiro atoms. The summed E-state index contributed by atoms with van der Waals surface area (Å²) in [7, 11) is 4.79. The molecule has 0 saturated heterocycles. The van der Waals surface area contributed by atoms with Gasteiger partial charge in [-0.1, -0.05) is 0 Å². The molecule has 0 atom stereocenters. The largest absolute Gasteiger partial charge is 0.421 e. The monoisotopic (exact) mass is 301 g/mol. The third-order valence-electron chi connectivity index (χ3n) is 2.75. The fourth-order valence-electron chi connectivity index (χ4n) is 1.79. The quantitative estimate of drug-likeness (QED) is 0.802. The zero-order valence-corrected chi connectivity index (χ0v) is 11.6. The standard InChI is InChI=1S/C11H14F3N7/c1-15-8-6(11(12,13)14)4-17-10(20-8)19-7-5-18-21(3)9(7)16-2/h4-5,16H,1-3H3,(H2,15,17,19,20). The van der Waals surface area contributed by atoms with Crippen molar-refractivity contribution < 1.29 is 13.2 Å². The summed E-state index contributed by atoms with van der Waals surface area (Å²) >= 11 is 0. The van der Waals surface area contributed by atoms with Gasteiger partial charge in [-0.15, -0.1) is 0 Å². The van der Waals surface area contributed by atoms with Crippen LogP contribution < -0.4 is 16.0 Å². The molecule has 21 heavy (non-hydrogen) atoms. The van der Waals surface area contributed by atoms with E-state index in [0.717, 1.165) is 6.20 Å². The predicted octanol–water partition coefficient (Wildman–Crippen LogP) is 2.06. The van der Waals surface area contributed by atoms with Crippen LogP contribution in [0.15, 0.2) is 12.4 Å². The van der Waals surface area contributed by atoms with E-state index < -0.39 is 11.7 Å². The maximum Gasteiger partial charge on any atom is 0.421 e. The van der Waals surface area contributed by atoms with Crippen LogP contribution in [0.2, 0.25) is 0 Å². The number of hydrogen-bond acceptors (Lipinski definition) is 6. The van der Waals surface area contributed by atoms with Gasteiger partial charge in [0.05, 0.1) is 6.20 Å². The average molecular weight is 301 g/mol. The molecule has 0 amide bonds. The van der Waals surface area contributed by atoms with Crippen LogP contribution in [0.5, 0.6) is 0 Å². The Hall–Kier alpha value is -2.52. The zero-order valence-electron chi connectivity index (χ0n) is 11.6. The van der Waals surface area contributed by atoms with E-state index in [1.807, 2.05) is 0 Å². The molecule has 0 aliphatic heterocycles. The average Bonchev–Trinajstić information content (AvgIpc) is 2.77. The Morgan fingerprint density at radius 1 is 1.14 bits per heavy atom. The van der Waals surface area contributed by atoms with Crippen molar-refractivity contribution in [3.05, 3.63) is 18.0 Å². The van der Waals surface area contributed by atoms with E-state index in [9.17, 15) is 13.2 Å². The molecule has 0 bridgehead atoms. The van der Waals surface area contributed by atoms with Crippen LogP contribution in [0, 0.1) is 0 Å². The lowest BCUT2D eigenvalue weighted by atomic mass is 10.3. The third kappa shape index (κ3) is 2.98. The van der Waals surface area contributed by atoms with E-state index in [-0.39, 0.29) is 11.8 Å². The molecule has 0 aliphatic rings. The topological polar surface area (TPSA) is 79.7 Å². The fraction of sp³-hybridized carbons (Fsp3) is 0.364. The first-order chi connectivity index (χ1) is 9.86. The lowest BCUT2D eigenvalue weighted by molar-refractivity contribution is -0.137. The van der Waals surface area contributed by atoms with Gasteiger partial charge in [-0.25, -0.2) is 4.98 Å². The molecular formula is C11H14F3N7. The number of aromatic nitrogens is 4. The summed E-state index contributed by atoms with van der Waals surface area (Å²) in [4.78, 5) is 7.51. The van der Waals surface area contributed by atoms with Gasteiger partial charge in [-0.2, -0.15) is 23.3 Å². The molecule has 0 aromatic carbocycles.